The Kier molecular flexibility index (Phi) is 7.11. The zero-order chi connectivity index (χ0) is 13.4. The number of carbonyl (C=O) groups excluding carboxylic acids is 2. The Morgan fingerprint density at radius 3 is 2.35 bits per heavy atom. The maximum Gasteiger partial charge on any atom is 0.326 e. The number of thioether (sulfide) groups is 1. The molecule has 0 saturated heterocycles. The van der Waals surface area contributed by atoms with E-state index in [0.717, 1.165) is 0 Å². The van der Waals surface area contributed by atoms with Crippen molar-refractivity contribution in [1.82, 2.24) is 10.6 Å². The summed E-state index contributed by atoms with van der Waals surface area (Å²) in [6.45, 7) is 1.79. The molecule has 5 N–H and O–H groups in total. The van der Waals surface area contributed by atoms with E-state index in [1.807, 2.05) is 6.26 Å². The average Bonchev–Trinajstić information content (AvgIpc) is 2.15. The Hall–Kier alpha value is -1.44. The third-order valence-corrected chi connectivity index (χ3v) is 2.64. The number of aliphatic carboxylic acids is 1. The molecule has 0 radical (unpaired) electrons. The van der Waals surface area contributed by atoms with Gasteiger partial charge in [0.15, 0.2) is 0 Å². The first-order chi connectivity index (χ1) is 7.86. The molecule has 8 heteroatoms. The molecule has 0 aliphatic carbocycles. The number of carboxylic acid groups (broad SMARTS) is 1. The van der Waals surface area contributed by atoms with Crippen molar-refractivity contribution in [2.24, 2.45) is 5.73 Å². The van der Waals surface area contributed by atoms with E-state index in [0.29, 0.717) is 5.75 Å². The summed E-state index contributed by atoms with van der Waals surface area (Å²) in [6.07, 6.45) is 1.46. The van der Waals surface area contributed by atoms with Crippen molar-refractivity contribution < 1.29 is 19.5 Å². The molecule has 17 heavy (non-hydrogen) atoms. The lowest BCUT2D eigenvalue weighted by molar-refractivity contribution is -0.140. The van der Waals surface area contributed by atoms with E-state index < -0.39 is 30.4 Å². The Morgan fingerprint density at radius 2 is 1.94 bits per heavy atom. The first-order valence-corrected chi connectivity index (χ1v) is 6.33. The molecular formula is C9H17N3O4S. The number of nitrogens with two attached hydrogens (primary N) is 1. The first-order valence-electron chi connectivity index (χ1n) is 4.94. The Morgan fingerprint density at radius 1 is 1.35 bits per heavy atom. The minimum atomic E-state index is -1.30. The molecule has 0 spiro atoms. The summed E-state index contributed by atoms with van der Waals surface area (Å²) in [5.41, 5.74) is 4.88. The highest BCUT2D eigenvalue weighted by atomic mass is 32.2. The summed E-state index contributed by atoms with van der Waals surface area (Å²) in [5.74, 6) is -1.37. The van der Waals surface area contributed by atoms with Gasteiger partial charge in [0, 0.05) is 11.8 Å². The van der Waals surface area contributed by atoms with Gasteiger partial charge in [0.1, 0.15) is 6.04 Å². The molecule has 0 aromatic carbocycles. The van der Waals surface area contributed by atoms with Crippen LogP contribution in [0.2, 0.25) is 0 Å². The molecule has 0 saturated carbocycles. The first kappa shape index (κ1) is 15.6. The number of carboxylic acids is 1. The van der Waals surface area contributed by atoms with Crippen molar-refractivity contribution in [1.29, 1.82) is 0 Å². The number of nitrogens with one attached hydrogen (secondary N) is 2. The zero-order valence-electron chi connectivity index (χ0n) is 9.73. The molecular weight excluding hydrogens is 246 g/mol. The third kappa shape index (κ3) is 7.45. The van der Waals surface area contributed by atoms with Crippen molar-refractivity contribution in [2.45, 2.75) is 25.4 Å². The Bertz CT molecular complexity index is 298. The van der Waals surface area contributed by atoms with Crippen LogP contribution in [-0.2, 0) is 9.59 Å². The van der Waals surface area contributed by atoms with E-state index in [-0.39, 0.29) is 6.04 Å². The van der Waals surface area contributed by atoms with E-state index in [4.69, 9.17) is 10.8 Å². The Balaban J connectivity index is 4.21. The van der Waals surface area contributed by atoms with Crippen LogP contribution in [0, 0.1) is 0 Å². The zero-order valence-corrected chi connectivity index (χ0v) is 10.5. The quantitative estimate of drug-likeness (QED) is 0.487. The highest BCUT2D eigenvalue weighted by Crippen LogP contribution is 1.96. The maximum atomic E-state index is 11.4. The van der Waals surface area contributed by atoms with E-state index >= 15 is 0 Å². The topological polar surface area (TPSA) is 122 Å². The molecule has 98 valence electrons. The smallest absolute Gasteiger partial charge is 0.326 e. The number of amides is 3. The lowest BCUT2D eigenvalue weighted by Crippen LogP contribution is -2.50. The van der Waals surface area contributed by atoms with Crippen LogP contribution in [0.25, 0.3) is 0 Å². The molecule has 0 fully saturated rings. The minimum absolute atomic E-state index is 0.0898. The molecule has 0 aromatic heterocycles. The van der Waals surface area contributed by atoms with Crippen LogP contribution in [0.5, 0.6) is 0 Å². The summed E-state index contributed by atoms with van der Waals surface area (Å²) < 4.78 is 0. The molecule has 0 heterocycles. The van der Waals surface area contributed by atoms with Gasteiger partial charge < -0.3 is 21.5 Å². The molecule has 3 amide bonds. The normalized spacial score (nSPS) is 13.5. The fourth-order valence-corrected chi connectivity index (χ4v) is 1.70. The molecule has 0 aliphatic heterocycles. The van der Waals surface area contributed by atoms with Crippen molar-refractivity contribution in [3.63, 3.8) is 0 Å². The van der Waals surface area contributed by atoms with Crippen LogP contribution in [-0.4, -0.2) is 47.1 Å². The number of urea groups is 1. The Labute approximate surface area is 104 Å². The summed E-state index contributed by atoms with van der Waals surface area (Å²) in [5, 5.41) is 13.5. The van der Waals surface area contributed by atoms with Crippen molar-refractivity contribution in [2.75, 3.05) is 12.0 Å². The summed E-state index contributed by atoms with van der Waals surface area (Å²) in [4.78, 5) is 32.7. The van der Waals surface area contributed by atoms with Gasteiger partial charge in [-0.15, -0.1) is 0 Å². The molecule has 0 aromatic rings. The fourth-order valence-electron chi connectivity index (χ4n) is 1.12. The van der Waals surface area contributed by atoms with Crippen LogP contribution in [0.15, 0.2) is 0 Å². The van der Waals surface area contributed by atoms with E-state index in [1.54, 1.807) is 18.7 Å². The monoisotopic (exact) mass is 263 g/mol. The number of carbonyl (C=O) groups is 3. The van der Waals surface area contributed by atoms with Gasteiger partial charge in [0.05, 0.1) is 6.42 Å². The van der Waals surface area contributed by atoms with Crippen LogP contribution in [0.1, 0.15) is 13.3 Å². The second-order valence-electron chi connectivity index (χ2n) is 3.54. The van der Waals surface area contributed by atoms with Gasteiger partial charge in [-0.05, 0) is 13.2 Å². The SMILES string of the molecule is CSCC(C)NC(=O)N[C@H](CC(N)=O)C(=O)O. The van der Waals surface area contributed by atoms with Gasteiger partial charge in [-0.25, -0.2) is 9.59 Å². The average molecular weight is 263 g/mol. The van der Waals surface area contributed by atoms with Gasteiger partial charge in [-0.1, -0.05) is 0 Å². The van der Waals surface area contributed by atoms with Gasteiger partial charge >= 0.3 is 12.0 Å². The van der Waals surface area contributed by atoms with Crippen molar-refractivity contribution in [3.8, 4) is 0 Å². The van der Waals surface area contributed by atoms with E-state index in [2.05, 4.69) is 10.6 Å². The van der Waals surface area contributed by atoms with Crippen molar-refractivity contribution >= 4 is 29.7 Å². The van der Waals surface area contributed by atoms with Crippen LogP contribution in [0.4, 0.5) is 4.79 Å². The lowest BCUT2D eigenvalue weighted by Gasteiger charge is -2.16. The van der Waals surface area contributed by atoms with Crippen LogP contribution < -0.4 is 16.4 Å². The summed E-state index contributed by atoms with van der Waals surface area (Å²) >= 11 is 1.55. The minimum Gasteiger partial charge on any atom is -0.480 e. The highest BCUT2D eigenvalue weighted by molar-refractivity contribution is 7.98. The van der Waals surface area contributed by atoms with Crippen LogP contribution >= 0.6 is 11.8 Å². The van der Waals surface area contributed by atoms with Crippen molar-refractivity contribution in [3.05, 3.63) is 0 Å². The van der Waals surface area contributed by atoms with Gasteiger partial charge in [-0.2, -0.15) is 11.8 Å². The maximum absolute atomic E-state index is 11.4. The van der Waals surface area contributed by atoms with Crippen LogP contribution in [0.3, 0.4) is 0 Å². The number of hydrogen-bond donors (Lipinski definition) is 4. The van der Waals surface area contributed by atoms with Gasteiger partial charge in [0.2, 0.25) is 5.91 Å². The second kappa shape index (κ2) is 7.77. The number of primary amides is 1. The second-order valence-corrected chi connectivity index (χ2v) is 4.45. The molecule has 0 aliphatic rings. The predicted molar refractivity (Wildman–Crippen MR) is 64.7 cm³/mol. The molecule has 0 bridgehead atoms. The van der Waals surface area contributed by atoms with E-state index in [9.17, 15) is 14.4 Å². The fraction of sp³-hybridized carbons (Fsp3) is 0.667. The van der Waals surface area contributed by atoms with E-state index in [1.165, 1.54) is 0 Å². The highest BCUT2D eigenvalue weighted by Gasteiger charge is 2.22. The molecule has 1 unspecified atom stereocenters. The number of hydrogen-bond acceptors (Lipinski definition) is 4. The van der Waals surface area contributed by atoms with Gasteiger partial charge in [-0.3, -0.25) is 4.79 Å². The summed E-state index contributed by atoms with van der Waals surface area (Å²) in [6, 6.07) is -2.01. The third-order valence-electron chi connectivity index (χ3n) is 1.80. The lowest BCUT2D eigenvalue weighted by atomic mass is 10.2. The molecule has 7 nitrogen and oxygen atoms in total. The molecule has 0 rings (SSSR count). The number of rotatable bonds is 7. The summed E-state index contributed by atoms with van der Waals surface area (Å²) in [7, 11) is 0. The molecule has 2 atom stereocenters. The van der Waals surface area contributed by atoms with Gasteiger partial charge in [0.25, 0.3) is 0 Å². The predicted octanol–water partition coefficient (Wildman–Crippen LogP) is -0.634. The standard InChI is InChI=1S/C9H17N3O4S/c1-5(4-17-2)11-9(16)12-6(8(14)15)3-7(10)13/h5-6H,3-4H2,1-2H3,(H2,10,13)(H,14,15)(H2,11,12,16)/t5?,6-/m1/s1. The largest absolute Gasteiger partial charge is 0.480 e.